The van der Waals surface area contributed by atoms with Crippen LogP contribution in [0.15, 0.2) is 22.7 Å². The topological polar surface area (TPSA) is 49.4 Å². The third-order valence-corrected chi connectivity index (χ3v) is 4.57. The summed E-state index contributed by atoms with van der Waals surface area (Å²) in [6.07, 6.45) is 1.73. The molecule has 0 saturated carbocycles. The maximum absolute atomic E-state index is 12.5. The first-order valence-electron chi connectivity index (χ1n) is 7.05. The number of nitrogens with zero attached hydrogens (tertiary/aromatic N) is 1. The molecule has 1 aliphatic heterocycles. The second kappa shape index (κ2) is 6.79. The van der Waals surface area contributed by atoms with Gasteiger partial charge in [0.2, 0.25) is 5.91 Å². The number of halogens is 2. The lowest BCUT2D eigenvalue weighted by molar-refractivity contribution is -0.141. The molecule has 21 heavy (non-hydrogen) atoms. The van der Waals surface area contributed by atoms with Crippen LogP contribution in [0.1, 0.15) is 33.1 Å². The average molecular weight is 374 g/mol. The van der Waals surface area contributed by atoms with E-state index in [0.717, 1.165) is 17.3 Å². The minimum absolute atomic E-state index is 0.0187. The summed E-state index contributed by atoms with van der Waals surface area (Å²) >= 11 is 9.49. The van der Waals surface area contributed by atoms with E-state index in [-0.39, 0.29) is 24.3 Å². The molecule has 0 spiro atoms. The van der Waals surface area contributed by atoms with Crippen LogP contribution in [-0.2, 0) is 9.59 Å². The lowest BCUT2D eigenvalue weighted by Crippen LogP contribution is -2.41. The third-order valence-electron chi connectivity index (χ3n) is 3.75. The van der Waals surface area contributed by atoms with Crippen molar-refractivity contribution in [3.05, 3.63) is 27.7 Å². The minimum Gasteiger partial charge on any atom is -0.372 e. The van der Waals surface area contributed by atoms with Gasteiger partial charge in [-0.05, 0) is 31.0 Å². The molecule has 1 saturated heterocycles. The molecule has 0 aromatic heterocycles. The van der Waals surface area contributed by atoms with Gasteiger partial charge in [-0.2, -0.15) is 0 Å². The molecule has 0 aliphatic carbocycles. The first kappa shape index (κ1) is 16.3. The van der Waals surface area contributed by atoms with Crippen LogP contribution in [0.4, 0.5) is 5.69 Å². The van der Waals surface area contributed by atoms with Crippen LogP contribution < -0.4 is 5.32 Å². The molecule has 1 atom stereocenters. The Morgan fingerprint density at radius 1 is 1.38 bits per heavy atom. The molecule has 1 N–H and O–H groups in total. The van der Waals surface area contributed by atoms with Crippen molar-refractivity contribution < 1.29 is 9.59 Å². The maximum atomic E-state index is 12.5. The molecule has 0 radical (unpaired) electrons. The lowest BCUT2D eigenvalue weighted by atomic mass is 10.1. The summed E-state index contributed by atoms with van der Waals surface area (Å²) in [6, 6.07) is 4.82. The molecule has 2 amide bonds. The summed E-state index contributed by atoms with van der Waals surface area (Å²) in [5, 5.41) is 3.62. The average Bonchev–Trinajstić information content (AvgIpc) is 2.72. The van der Waals surface area contributed by atoms with Crippen LogP contribution in [0.3, 0.4) is 0 Å². The standard InChI is InChI=1S/C15H18BrClN2O2/c1-3-10(4-2)19-14(20)8-13(15(19)21)18-12-7-9(16)5-6-11(12)17/h5-7,10,13,18H,3-4,8H2,1-2H3. The lowest BCUT2D eigenvalue weighted by Gasteiger charge is -2.24. The molecule has 1 aliphatic rings. The van der Waals surface area contributed by atoms with Crippen molar-refractivity contribution in [3.8, 4) is 0 Å². The molecule has 0 bridgehead atoms. The zero-order chi connectivity index (χ0) is 15.6. The Kier molecular flexibility index (Phi) is 5.27. The van der Waals surface area contributed by atoms with Gasteiger partial charge in [0.25, 0.3) is 5.91 Å². The highest BCUT2D eigenvalue weighted by atomic mass is 79.9. The molecule has 6 heteroatoms. The van der Waals surface area contributed by atoms with E-state index in [9.17, 15) is 9.59 Å². The van der Waals surface area contributed by atoms with Gasteiger partial charge >= 0.3 is 0 Å². The van der Waals surface area contributed by atoms with Crippen molar-refractivity contribution >= 4 is 45.0 Å². The number of hydrogen-bond donors (Lipinski definition) is 1. The highest BCUT2D eigenvalue weighted by Crippen LogP contribution is 2.29. The van der Waals surface area contributed by atoms with E-state index in [1.807, 2.05) is 19.9 Å². The Labute approximate surface area is 138 Å². The van der Waals surface area contributed by atoms with Crippen molar-refractivity contribution in [2.75, 3.05) is 5.32 Å². The van der Waals surface area contributed by atoms with Crippen LogP contribution in [0.25, 0.3) is 0 Å². The summed E-state index contributed by atoms with van der Waals surface area (Å²) in [4.78, 5) is 26.0. The van der Waals surface area contributed by atoms with E-state index >= 15 is 0 Å². The van der Waals surface area contributed by atoms with Crippen LogP contribution in [0.2, 0.25) is 5.02 Å². The number of likely N-dealkylation sites (tertiary alicyclic amines) is 1. The molecular formula is C15H18BrClN2O2. The van der Waals surface area contributed by atoms with Crippen LogP contribution in [-0.4, -0.2) is 28.8 Å². The molecule has 2 rings (SSSR count). The van der Waals surface area contributed by atoms with Crippen molar-refractivity contribution in [1.29, 1.82) is 0 Å². The minimum atomic E-state index is -0.537. The van der Waals surface area contributed by atoms with Gasteiger partial charge in [0.1, 0.15) is 6.04 Å². The number of hydrogen-bond acceptors (Lipinski definition) is 3. The van der Waals surface area contributed by atoms with Gasteiger partial charge < -0.3 is 5.32 Å². The van der Waals surface area contributed by atoms with Crippen LogP contribution >= 0.6 is 27.5 Å². The number of imide groups is 1. The van der Waals surface area contributed by atoms with Crippen molar-refractivity contribution in [2.45, 2.75) is 45.2 Å². The third kappa shape index (κ3) is 3.40. The molecule has 1 unspecified atom stereocenters. The largest absolute Gasteiger partial charge is 0.372 e. The first-order valence-corrected chi connectivity index (χ1v) is 8.22. The first-order chi connectivity index (χ1) is 9.97. The predicted octanol–water partition coefficient (Wildman–Crippen LogP) is 3.83. The molecule has 1 heterocycles. The summed E-state index contributed by atoms with van der Waals surface area (Å²) in [5.41, 5.74) is 0.656. The summed E-state index contributed by atoms with van der Waals surface area (Å²) in [5.74, 6) is -0.276. The quantitative estimate of drug-likeness (QED) is 0.798. The predicted molar refractivity (Wildman–Crippen MR) is 87.4 cm³/mol. The van der Waals surface area contributed by atoms with Gasteiger partial charge in [0.05, 0.1) is 17.1 Å². The Morgan fingerprint density at radius 2 is 2.05 bits per heavy atom. The number of rotatable bonds is 5. The fourth-order valence-corrected chi connectivity index (χ4v) is 3.13. The molecule has 1 aromatic rings. The number of anilines is 1. The second-order valence-corrected chi connectivity index (χ2v) is 6.42. The molecular weight excluding hydrogens is 356 g/mol. The number of amides is 2. The SMILES string of the molecule is CCC(CC)N1C(=O)CC(Nc2cc(Br)ccc2Cl)C1=O. The van der Waals surface area contributed by atoms with Crippen molar-refractivity contribution in [1.82, 2.24) is 4.90 Å². The summed E-state index contributed by atoms with van der Waals surface area (Å²) < 4.78 is 0.864. The zero-order valence-electron chi connectivity index (χ0n) is 12.0. The summed E-state index contributed by atoms with van der Waals surface area (Å²) in [7, 11) is 0. The van der Waals surface area contributed by atoms with Crippen molar-refractivity contribution in [2.24, 2.45) is 0 Å². The normalized spacial score (nSPS) is 18.7. The maximum Gasteiger partial charge on any atom is 0.252 e. The Morgan fingerprint density at radius 3 is 2.67 bits per heavy atom. The monoisotopic (exact) mass is 372 g/mol. The molecule has 114 valence electrons. The van der Waals surface area contributed by atoms with E-state index in [1.165, 1.54) is 4.90 Å². The molecule has 1 aromatic carbocycles. The van der Waals surface area contributed by atoms with E-state index in [2.05, 4.69) is 21.2 Å². The van der Waals surface area contributed by atoms with Gasteiger partial charge in [-0.1, -0.05) is 41.4 Å². The highest BCUT2D eigenvalue weighted by molar-refractivity contribution is 9.10. The second-order valence-electron chi connectivity index (χ2n) is 5.10. The number of carbonyl (C=O) groups is 2. The zero-order valence-corrected chi connectivity index (χ0v) is 14.4. The van der Waals surface area contributed by atoms with E-state index in [0.29, 0.717) is 10.7 Å². The van der Waals surface area contributed by atoms with Gasteiger partial charge in [0, 0.05) is 10.5 Å². The Balaban J connectivity index is 2.17. The number of nitrogens with one attached hydrogen (secondary N) is 1. The van der Waals surface area contributed by atoms with E-state index in [4.69, 9.17) is 11.6 Å². The molecule has 4 nitrogen and oxygen atoms in total. The fraction of sp³-hybridized carbons (Fsp3) is 0.467. The van der Waals surface area contributed by atoms with Gasteiger partial charge in [-0.25, -0.2) is 0 Å². The van der Waals surface area contributed by atoms with Crippen molar-refractivity contribution in [3.63, 3.8) is 0 Å². The summed E-state index contributed by atoms with van der Waals surface area (Å²) in [6.45, 7) is 3.97. The molecule has 1 fully saturated rings. The van der Waals surface area contributed by atoms with E-state index in [1.54, 1.807) is 12.1 Å². The van der Waals surface area contributed by atoms with E-state index < -0.39 is 6.04 Å². The van der Waals surface area contributed by atoms with Crippen LogP contribution in [0.5, 0.6) is 0 Å². The fourth-order valence-electron chi connectivity index (χ4n) is 2.60. The van der Waals surface area contributed by atoms with Crippen LogP contribution in [0, 0.1) is 0 Å². The highest BCUT2D eigenvalue weighted by Gasteiger charge is 2.41. The van der Waals surface area contributed by atoms with Gasteiger partial charge in [0.15, 0.2) is 0 Å². The van der Waals surface area contributed by atoms with Gasteiger partial charge in [-0.15, -0.1) is 0 Å². The number of carbonyl (C=O) groups excluding carboxylic acids is 2. The Bertz CT molecular complexity index is 561. The smallest absolute Gasteiger partial charge is 0.252 e. The van der Waals surface area contributed by atoms with Gasteiger partial charge in [-0.3, -0.25) is 14.5 Å². The number of benzene rings is 1. The Hall–Kier alpha value is -1.07.